The lowest BCUT2D eigenvalue weighted by atomic mass is 10.2. The molecule has 1 heterocycles. The molecule has 2 aromatic carbocycles. The summed E-state index contributed by atoms with van der Waals surface area (Å²) in [6.45, 7) is 0.968. The van der Waals surface area contributed by atoms with Gasteiger partial charge >= 0.3 is 5.97 Å². The smallest absolute Gasteiger partial charge is 0.326 e. The lowest BCUT2D eigenvalue weighted by Gasteiger charge is -2.28. The summed E-state index contributed by atoms with van der Waals surface area (Å²) in [5, 5.41) is 2.23. The van der Waals surface area contributed by atoms with Gasteiger partial charge in [0.15, 0.2) is 6.10 Å². The Morgan fingerprint density at radius 2 is 2.00 bits per heavy atom. The normalized spacial score (nSPS) is 14.2. The molecule has 1 N–H and O–H groups in total. The predicted octanol–water partition coefficient (Wildman–Crippen LogP) is 2.97. The summed E-state index contributed by atoms with van der Waals surface area (Å²) in [6.07, 6.45) is -1.23. The number of amides is 2. The first kappa shape index (κ1) is 19.8. The van der Waals surface area contributed by atoms with Gasteiger partial charge in [-0.2, -0.15) is 0 Å². The van der Waals surface area contributed by atoms with Gasteiger partial charge in [0.05, 0.1) is 17.1 Å². The summed E-state index contributed by atoms with van der Waals surface area (Å²) in [6, 6.07) is 9.84. The molecule has 0 radical (unpaired) electrons. The molecule has 146 valence electrons. The number of rotatable bonds is 5. The van der Waals surface area contributed by atoms with Crippen LogP contribution < -0.4 is 10.2 Å². The molecule has 1 aliphatic rings. The highest BCUT2D eigenvalue weighted by atomic mass is 32.2. The number of esters is 1. The van der Waals surface area contributed by atoms with Gasteiger partial charge in [0.2, 0.25) is 5.91 Å². The van der Waals surface area contributed by atoms with Gasteiger partial charge in [-0.1, -0.05) is 12.1 Å². The first-order valence-corrected chi connectivity index (χ1v) is 9.31. The number of hydrogen-bond donors (Lipinski definition) is 1. The van der Waals surface area contributed by atoms with E-state index in [-0.39, 0.29) is 23.9 Å². The standard InChI is InChI=1S/C19H16F2N2O4S/c1-11(19(26)22-14-7-6-12(20)8-13(14)21)27-18(25)9-23-15-4-2-3-5-16(15)28-10-17(23)24/h2-8,11H,9-10H2,1H3,(H,22,26)/t11-/m0/s1. The molecule has 0 saturated heterocycles. The number of ether oxygens (including phenoxy) is 1. The third-order valence-corrected chi connectivity index (χ3v) is 5.01. The third kappa shape index (κ3) is 4.48. The number of anilines is 2. The highest BCUT2D eigenvalue weighted by molar-refractivity contribution is 8.00. The zero-order valence-electron chi connectivity index (χ0n) is 14.8. The van der Waals surface area contributed by atoms with Crippen molar-refractivity contribution in [2.45, 2.75) is 17.9 Å². The minimum absolute atomic E-state index is 0.199. The van der Waals surface area contributed by atoms with E-state index in [9.17, 15) is 23.2 Å². The molecular weight excluding hydrogens is 390 g/mol. The Balaban J connectivity index is 1.61. The molecule has 0 unspecified atom stereocenters. The summed E-state index contributed by atoms with van der Waals surface area (Å²) in [4.78, 5) is 38.7. The Hall–Kier alpha value is -2.94. The number of hydrogen-bond acceptors (Lipinski definition) is 5. The monoisotopic (exact) mass is 406 g/mol. The molecule has 0 spiro atoms. The van der Waals surface area contributed by atoms with Crippen molar-refractivity contribution in [3.63, 3.8) is 0 Å². The first-order chi connectivity index (χ1) is 13.3. The summed E-state index contributed by atoms with van der Waals surface area (Å²) in [7, 11) is 0. The fourth-order valence-electron chi connectivity index (χ4n) is 2.57. The maximum Gasteiger partial charge on any atom is 0.326 e. The molecule has 28 heavy (non-hydrogen) atoms. The van der Waals surface area contributed by atoms with Crippen LogP contribution in [0, 0.1) is 11.6 Å². The Bertz CT molecular complexity index is 938. The van der Waals surface area contributed by atoms with Gasteiger partial charge in [0.1, 0.15) is 18.2 Å². The molecular formula is C19H16F2N2O4S. The van der Waals surface area contributed by atoms with E-state index in [1.54, 1.807) is 12.1 Å². The minimum atomic E-state index is -1.23. The summed E-state index contributed by atoms with van der Waals surface area (Å²) in [5.74, 6) is -3.33. The largest absolute Gasteiger partial charge is 0.451 e. The van der Waals surface area contributed by atoms with E-state index in [1.807, 2.05) is 12.1 Å². The van der Waals surface area contributed by atoms with E-state index in [0.717, 1.165) is 17.0 Å². The molecule has 2 amide bonds. The van der Waals surface area contributed by atoms with Gasteiger partial charge < -0.3 is 10.1 Å². The molecule has 0 saturated carbocycles. The van der Waals surface area contributed by atoms with Crippen LogP contribution in [0.2, 0.25) is 0 Å². The molecule has 0 bridgehead atoms. The zero-order valence-corrected chi connectivity index (χ0v) is 15.6. The number of carbonyl (C=O) groups excluding carboxylic acids is 3. The molecule has 2 aromatic rings. The summed E-state index contributed by atoms with van der Waals surface area (Å²) in [5.41, 5.74) is 0.373. The van der Waals surface area contributed by atoms with Gasteiger partial charge in [0.25, 0.3) is 5.91 Å². The van der Waals surface area contributed by atoms with Gasteiger partial charge in [-0.25, -0.2) is 8.78 Å². The Morgan fingerprint density at radius 3 is 2.75 bits per heavy atom. The fraction of sp³-hybridized carbons (Fsp3) is 0.211. The molecule has 0 fully saturated rings. The maximum absolute atomic E-state index is 13.6. The number of carbonyl (C=O) groups is 3. The van der Waals surface area contributed by atoms with E-state index in [0.29, 0.717) is 11.8 Å². The Kier molecular flexibility index (Phi) is 5.93. The minimum Gasteiger partial charge on any atom is -0.451 e. The molecule has 1 atom stereocenters. The molecule has 3 rings (SSSR count). The number of thioether (sulfide) groups is 1. The van der Waals surface area contributed by atoms with Crippen LogP contribution in [0.1, 0.15) is 6.92 Å². The van der Waals surface area contributed by atoms with Crippen LogP contribution in [-0.4, -0.2) is 36.2 Å². The quantitative estimate of drug-likeness (QED) is 0.773. The Morgan fingerprint density at radius 1 is 1.25 bits per heavy atom. The Labute approximate surface area is 163 Å². The second-order valence-electron chi connectivity index (χ2n) is 5.98. The second kappa shape index (κ2) is 8.39. The van der Waals surface area contributed by atoms with Crippen molar-refractivity contribution < 1.29 is 27.9 Å². The van der Waals surface area contributed by atoms with Crippen LogP contribution in [0.25, 0.3) is 0 Å². The fourth-order valence-corrected chi connectivity index (χ4v) is 3.51. The topological polar surface area (TPSA) is 75.7 Å². The third-order valence-electron chi connectivity index (χ3n) is 3.96. The first-order valence-electron chi connectivity index (χ1n) is 8.32. The number of nitrogens with zero attached hydrogens (tertiary/aromatic N) is 1. The van der Waals surface area contributed by atoms with Crippen molar-refractivity contribution in [3.05, 3.63) is 54.1 Å². The number of para-hydroxylation sites is 1. The lowest BCUT2D eigenvalue weighted by molar-refractivity contribution is -0.152. The van der Waals surface area contributed by atoms with Gasteiger partial charge in [0, 0.05) is 11.0 Å². The molecule has 1 aliphatic heterocycles. The van der Waals surface area contributed by atoms with E-state index < -0.39 is 29.6 Å². The highest BCUT2D eigenvalue weighted by Gasteiger charge is 2.28. The predicted molar refractivity (Wildman–Crippen MR) is 100 cm³/mol. The van der Waals surface area contributed by atoms with Gasteiger partial charge in [-0.3, -0.25) is 19.3 Å². The number of halogens is 2. The zero-order chi connectivity index (χ0) is 20.3. The highest BCUT2D eigenvalue weighted by Crippen LogP contribution is 2.34. The molecule has 0 aromatic heterocycles. The van der Waals surface area contributed by atoms with E-state index in [2.05, 4.69) is 5.32 Å². The molecule has 0 aliphatic carbocycles. The SMILES string of the molecule is C[C@H](OC(=O)CN1C(=O)CSc2ccccc21)C(=O)Nc1ccc(F)cc1F. The van der Waals surface area contributed by atoms with Gasteiger partial charge in [-0.05, 0) is 31.2 Å². The lowest BCUT2D eigenvalue weighted by Crippen LogP contribution is -2.41. The van der Waals surface area contributed by atoms with Crippen molar-refractivity contribution >= 4 is 40.9 Å². The van der Waals surface area contributed by atoms with Crippen molar-refractivity contribution in [1.82, 2.24) is 0 Å². The van der Waals surface area contributed by atoms with Crippen LogP contribution in [0.4, 0.5) is 20.2 Å². The van der Waals surface area contributed by atoms with Crippen LogP contribution in [-0.2, 0) is 19.1 Å². The second-order valence-corrected chi connectivity index (χ2v) is 7.00. The average molecular weight is 406 g/mol. The van der Waals surface area contributed by atoms with Crippen molar-refractivity contribution in [2.24, 2.45) is 0 Å². The molecule has 6 nitrogen and oxygen atoms in total. The van der Waals surface area contributed by atoms with Crippen LogP contribution >= 0.6 is 11.8 Å². The van der Waals surface area contributed by atoms with E-state index >= 15 is 0 Å². The van der Waals surface area contributed by atoms with Crippen LogP contribution in [0.5, 0.6) is 0 Å². The van der Waals surface area contributed by atoms with Crippen molar-refractivity contribution in [2.75, 3.05) is 22.5 Å². The maximum atomic E-state index is 13.6. The van der Waals surface area contributed by atoms with Crippen LogP contribution in [0.3, 0.4) is 0 Å². The van der Waals surface area contributed by atoms with Crippen molar-refractivity contribution in [1.29, 1.82) is 0 Å². The van der Waals surface area contributed by atoms with Crippen molar-refractivity contribution in [3.8, 4) is 0 Å². The number of fused-ring (bicyclic) bond motifs is 1. The van der Waals surface area contributed by atoms with Gasteiger partial charge in [-0.15, -0.1) is 11.8 Å². The molecule has 9 heteroatoms. The van der Waals surface area contributed by atoms with Crippen LogP contribution in [0.15, 0.2) is 47.4 Å². The summed E-state index contributed by atoms with van der Waals surface area (Å²) >= 11 is 1.38. The van der Waals surface area contributed by atoms with E-state index in [1.165, 1.54) is 23.6 Å². The number of benzene rings is 2. The van der Waals surface area contributed by atoms with E-state index in [4.69, 9.17) is 4.74 Å². The average Bonchev–Trinajstić information content (AvgIpc) is 2.66. The summed E-state index contributed by atoms with van der Waals surface area (Å²) < 4.78 is 31.6. The number of nitrogens with one attached hydrogen (secondary N) is 1.